The quantitative estimate of drug-likeness (QED) is 0.526. The van der Waals surface area contributed by atoms with Crippen molar-refractivity contribution in [2.24, 2.45) is 0 Å². The summed E-state index contributed by atoms with van der Waals surface area (Å²) >= 11 is 1.22. The summed E-state index contributed by atoms with van der Waals surface area (Å²) < 4.78 is 44.2. The Kier molecular flexibility index (Phi) is 6.53. The molecule has 2 aromatic carbocycles. The molecule has 3 aromatic rings. The predicted molar refractivity (Wildman–Crippen MR) is 107 cm³/mol. The Labute approximate surface area is 170 Å². The number of rotatable bonds is 7. The lowest BCUT2D eigenvalue weighted by molar-refractivity contribution is -0.137. The Bertz CT molecular complexity index is 986. The zero-order chi connectivity index (χ0) is 20.9. The van der Waals surface area contributed by atoms with Crippen LogP contribution in [-0.4, -0.2) is 17.5 Å². The van der Waals surface area contributed by atoms with E-state index in [9.17, 15) is 18.0 Å². The maximum absolute atomic E-state index is 12.9. The van der Waals surface area contributed by atoms with Crippen LogP contribution in [0.1, 0.15) is 39.7 Å². The summed E-state index contributed by atoms with van der Waals surface area (Å²) in [7, 11) is 0. The summed E-state index contributed by atoms with van der Waals surface area (Å²) in [6, 6.07) is 12.1. The number of nitrogens with one attached hydrogen (secondary N) is 1. The van der Waals surface area contributed by atoms with Crippen molar-refractivity contribution in [1.82, 2.24) is 4.98 Å². The molecule has 0 aliphatic rings. The lowest BCUT2D eigenvalue weighted by Crippen LogP contribution is -2.13. The Morgan fingerprint density at radius 2 is 1.97 bits per heavy atom. The van der Waals surface area contributed by atoms with E-state index in [1.54, 1.807) is 36.5 Å². The van der Waals surface area contributed by atoms with E-state index < -0.39 is 11.7 Å². The minimum atomic E-state index is -4.38. The van der Waals surface area contributed by atoms with Crippen LogP contribution < -0.4 is 10.1 Å². The van der Waals surface area contributed by atoms with Gasteiger partial charge in [0.05, 0.1) is 17.7 Å². The second-order valence-corrected chi connectivity index (χ2v) is 7.42. The molecule has 1 heterocycles. The number of alkyl halides is 3. The molecule has 1 N–H and O–H groups in total. The predicted octanol–water partition coefficient (Wildman–Crippen LogP) is 5.79. The molecule has 8 heteroatoms. The molecular formula is C21H19F3N2O2S. The van der Waals surface area contributed by atoms with Crippen LogP contribution in [0.4, 0.5) is 18.3 Å². The summed E-state index contributed by atoms with van der Waals surface area (Å²) in [5.74, 6) is 0.143. The minimum Gasteiger partial charge on any atom is -0.493 e. The Morgan fingerprint density at radius 3 is 2.72 bits per heavy atom. The van der Waals surface area contributed by atoms with Crippen LogP contribution in [0.5, 0.6) is 5.75 Å². The zero-order valence-electron chi connectivity index (χ0n) is 15.6. The highest BCUT2D eigenvalue weighted by molar-refractivity contribution is 7.15. The highest BCUT2D eigenvalue weighted by Gasteiger charge is 2.30. The molecule has 0 saturated carbocycles. The van der Waals surface area contributed by atoms with Gasteiger partial charge in [0.15, 0.2) is 5.13 Å². The number of hydrogen-bond acceptors (Lipinski definition) is 4. The van der Waals surface area contributed by atoms with Crippen LogP contribution in [-0.2, 0) is 12.6 Å². The molecule has 29 heavy (non-hydrogen) atoms. The molecule has 0 aliphatic heterocycles. The number of benzene rings is 2. The van der Waals surface area contributed by atoms with Gasteiger partial charge in [-0.3, -0.25) is 10.1 Å². The van der Waals surface area contributed by atoms with E-state index in [1.807, 2.05) is 6.92 Å². The summed E-state index contributed by atoms with van der Waals surface area (Å²) in [6.07, 6.45) is -1.70. The van der Waals surface area contributed by atoms with Crippen molar-refractivity contribution in [2.75, 3.05) is 11.9 Å². The van der Waals surface area contributed by atoms with Crippen LogP contribution in [0, 0.1) is 0 Å². The van der Waals surface area contributed by atoms with Crippen molar-refractivity contribution in [2.45, 2.75) is 25.9 Å². The SMILES string of the molecule is CCCOc1ccccc1C(=O)Nc1ncc(Cc2cccc(C(F)(F)F)c2)s1. The minimum absolute atomic E-state index is 0.299. The van der Waals surface area contributed by atoms with Gasteiger partial charge in [-0.15, -0.1) is 11.3 Å². The number of carbonyl (C=O) groups excluding carboxylic acids is 1. The third-order valence-electron chi connectivity index (χ3n) is 4.00. The number of thiazole rings is 1. The van der Waals surface area contributed by atoms with Crippen molar-refractivity contribution in [3.63, 3.8) is 0 Å². The van der Waals surface area contributed by atoms with Crippen LogP contribution in [0.2, 0.25) is 0 Å². The second-order valence-electron chi connectivity index (χ2n) is 6.31. The third-order valence-corrected chi connectivity index (χ3v) is 4.91. The summed E-state index contributed by atoms with van der Waals surface area (Å²) in [5, 5.41) is 3.10. The van der Waals surface area contributed by atoms with Crippen LogP contribution in [0.3, 0.4) is 0 Å². The summed E-state index contributed by atoms with van der Waals surface area (Å²) in [6.45, 7) is 2.48. The molecule has 0 fully saturated rings. The largest absolute Gasteiger partial charge is 0.493 e. The van der Waals surface area contributed by atoms with E-state index in [0.29, 0.717) is 35.0 Å². The van der Waals surface area contributed by atoms with Gasteiger partial charge in [-0.1, -0.05) is 37.3 Å². The Morgan fingerprint density at radius 1 is 1.17 bits per heavy atom. The Balaban J connectivity index is 1.69. The molecule has 152 valence electrons. The van der Waals surface area contributed by atoms with Gasteiger partial charge in [-0.2, -0.15) is 13.2 Å². The highest BCUT2D eigenvalue weighted by Crippen LogP contribution is 2.31. The highest BCUT2D eigenvalue weighted by atomic mass is 32.1. The fourth-order valence-corrected chi connectivity index (χ4v) is 3.50. The number of ether oxygens (including phenoxy) is 1. The number of halogens is 3. The smallest absolute Gasteiger partial charge is 0.416 e. The van der Waals surface area contributed by atoms with E-state index in [0.717, 1.165) is 23.4 Å². The topological polar surface area (TPSA) is 51.2 Å². The first-order valence-electron chi connectivity index (χ1n) is 9.01. The van der Waals surface area contributed by atoms with Gasteiger partial charge in [0, 0.05) is 17.5 Å². The van der Waals surface area contributed by atoms with Gasteiger partial charge in [0.1, 0.15) is 5.75 Å². The molecular weight excluding hydrogens is 401 g/mol. The monoisotopic (exact) mass is 420 g/mol. The van der Waals surface area contributed by atoms with Crippen molar-refractivity contribution in [1.29, 1.82) is 0 Å². The van der Waals surface area contributed by atoms with Crippen molar-refractivity contribution in [3.05, 3.63) is 76.3 Å². The first kappa shape index (κ1) is 20.9. The number of nitrogens with zero attached hydrogens (tertiary/aromatic N) is 1. The van der Waals surface area contributed by atoms with E-state index >= 15 is 0 Å². The Hall–Kier alpha value is -2.87. The lowest BCUT2D eigenvalue weighted by atomic mass is 10.1. The van der Waals surface area contributed by atoms with Crippen LogP contribution >= 0.6 is 11.3 Å². The number of aromatic nitrogens is 1. The van der Waals surface area contributed by atoms with Crippen molar-refractivity contribution >= 4 is 22.4 Å². The average Bonchev–Trinajstić information content (AvgIpc) is 3.12. The molecule has 0 aliphatic carbocycles. The van der Waals surface area contributed by atoms with Gasteiger partial charge >= 0.3 is 6.18 Å². The summed E-state index contributed by atoms with van der Waals surface area (Å²) in [4.78, 5) is 17.5. The maximum atomic E-state index is 12.9. The van der Waals surface area contributed by atoms with E-state index in [-0.39, 0.29) is 5.91 Å². The average molecular weight is 420 g/mol. The van der Waals surface area contributed by atoms with Crippen molar-refractivity contribution < 1.29 is 22.7 Å². The normalized spacial score (nSPS) is 11.3. The number of carbonyl (C=O) groups is 1. The van der Waals surface area contributed by atoms with Gasteiger partial charge in [-0.25, -0.2) is 4.98 Å². The molecule has 0 spiro atoms. The van der Waals surface area contributed by atoms with E-state index in [2.05, 4.69) is 10.3 Å². The molecule has 0 bridgehead atoms. The second kappa shape index (κ2) is 9.09. The zero-order valence-corrected chi connectivity index (χ0v) is 16.4. The fourth-order valence-electron chi connectivity index (χ4n) is 2.66. The van der Waals surface area contributed by atoms with Crippen LogP contribution in [0.15, 0.2) is 54.7 Å². The maximum Gasteiger partial charge on any atom is 0.416 e. The van der Waals surface area contributed by atoms with E-state index in [1.165, 1.54) is 17.4 Å². The van der Waals surface area contributed by atoms with Crippen molar-refractivity contribution in [3.8, 4) is 5.75 Å². The molecule has 0 atom stereocenters. The third kappa shape index (κ3) is 5.57. The first-order chi connectivity index (χ1) is 13.9. The molecule has 3 rings (SSSR count). The van der Waals surface area contributed by atoms with Gasteiger partial charge in [-0.05, 0) is 30.2 Å². The molecule has 0 radical (unpaired) electrons. The molecule has 0 saturated heterocycles. The van der Waals surface area contributed by atoms with Gasteiger partial charge in [0.2, 0.25) is 0 Å². The van der Waals surface area contributed by atoms with Crippen LogP contribution in [0.25, 0.3) is 0 Å². The van der Waals surface area contributed by atoms with E-state index in [4.69, 9.17) is 4.74 Å². The van der Waals surface area contributed by atoms with Gasteiger partial charge in [0.25, 0.3) is 5.91 Å². The fraction of sp³-hybridized carbons (Fsp3) is 0.238. The number of amides is 1. The molecule has 1 aromatic heterocycles. The lowest BCUT2D eigenvalue weighted by Gasteiger charge is -2.09. The summed E-state index contributed by atoms with van der Waals surface area (Å²) in [5.41, 5.74) is 0.243. The number of hydrogen-bond donors (Lipinski definition) is 1. The standard InChI is InChI=1S/C21H19F3N2O2S/c1-2-10-28-18-9-4-3-8-17(18)19(27)26-20-25-13-16(29-20)12-14-6-5-7-15(11-14)21(22,23)24/h3-9,11,13H,2,10,12H2,1H3,(H,25,26,27). The first-order valence-corrected chi connectivity index (χ1v) is 9.82. The molecule has 1 amide bonds. The molecule has 0 unspecified atom stereocenters. The number of para-hydroxylation sites is 1. The van der Waals surface area contributed by atoms with Gasteiger partial charge < -0.3 is 4.74 Å². The molecule has 4 nitrogen and oxygen atoms in total. The number of anilines is 1.